The van der Waals surface area contributed by atoms with Gasteiger partial charge in [-0.1, -0.05) is 0 Å². The molecule has 1 aliphatic rings. The molecule has 0 bridgehead atoms. The van der Waals surface area contributed by atoms with E-state index < -0.39 is 8.07 Å². The Bertz CT molecular complexity index is 449. The molecule has 2 nitrogen and oxygen atoms in total. The first-order valence-corrected chi connectivity index (χ1v) is 13.1. The molecule has 0 amide bonds. The van der Waals surface area contributed by atoms with Crippen LogP contribution in [0.1, 0.15) is 27.2 Å². The third kappa shape index (κ3) is 3.37. The Balaban J connectivity index is 2.29. The molecule has 1 aromatic rings. The molecule has 0 heterocycles. The van der Waals surface area contributed by atoms with Crippen molar-refractivity contribution in [2.45, 2.75) is 49.8 Å². The third-order valence-corrected chi connectivity index (χ3v) is 17.9. The zero-order valence-corrected chi connectivity index (χ0v) is 16.8. The molecule has 1 aliphatic carbocycles. The van der Waals surface area contributed by atoms with Crippen LogP contribution in [0.15, 0.2) is 30.3 Å². The van der Waals surface area contributed by atoms with Crippen LogP contribution in [0.5, 0.6) is 0 Å². The van der Waals surface area contributed by atoms with Gasteiger partial charge in [0.05, 0.1) is 0 Å². The summed E-state index contributed by atoms with van der Waals surface area (Å²) in [5, 5.41) is 19.6. The summed E-state index contributed by atoms with van der Waals surface area (Å²) in [5.41, 5.74) is -0.182. The quantitative estimate of drug-likeness (QED) is 0.642. The fourth-order valence-electron chi connectivity index (χ4n) is 3.85. The van der Waals surface area contributed by atoms with Crippen molar-refractivity contribution in [2.75, 3.05) is 13.2 Å². The van der Waals surface area contributed by atoms with Gasteiger partial charge in [-0.25, -0.2) is 0 Å². The van der Waals surface area contributed by atoms with Crippen molar-refractivity contribution < 1.29 is 10.2 Å². The molecule has 4 heteroatoms. The predicted octanol–water partition coefficient (Wildman–Crippen LogP) is 2.84. The molecule has 1 aromatic carbocycles. The maximum absolute atomic E-state index is 9.79. The Morgan fingerprint density at radius 3 is 2.05 bits per heavy atom. The number of hydrogen-bond donors (Lipinski definition) is 2. The van der Waals surface area contributed by atoms with Gasteiger partial charge >= 0.3 is 142 Å². The number of aliphatic hydroxyl groups is 2. The van der Waals surface area contributed by atoms with E-state index >= 15 is 0 Å². The van der Waals surface area contributed by atoms with Crippen LogP contribution in [-0.2, 0) is 0 Å². The van der Waals surface area contributed by atoms with Gasteiger partial charge in [0.2, 0.25) is 0 Å². The Hall–Kier alpha value is -0.124. The number of aliphatic hydroxyl groups excluding tert-OH is 2. The van der Waals surface area contributed by atoms with E-state index in [4.69, 9.17) is 0 Å². The molecule has 1 saturated carbocycles. The average Bonchev–Trinajstić information content (AvgIpc) is 3.31. The van der Waals surface area contributed by atoms with E-state index in [-0.39, 0.29) is 18.6 Å². The average molecular weight is 385 g/mol. The molecular formula is C18H30O2SeSi. The van der Waals surface area contributed by atoms with Gasteiger partial charge in [0, 0.05) is 0 Å². The predicted molar refractivity (Wildman–Crippen MR) is 97.5 cm³/mol. The van der Waals surface area contributed by atoms with Crippen LogP contribution in [0.4, 0.5) is 0 Å². The van der Waals surface area contributed by atoms with E-state index in [1.165, 1.54) is 22.6 Å². The summed E-state index contributed by atoms with van der Waals surface area (Å²) in [6.45, 7) is 7.41. The standard InChI is InChI=1S/C18H30O2SeSi/c1-4-22(5-2,6-3)17(16-12-18(16,13-19)14-20)21-15-10-8-7-9-11-15/h7-11,16-17,19-20H,4-6,12-14H2,1-3H3/t16-,17?/m1/s1. The third-order valence-electron chi connectivity index (χ3n) is 5.97. The minimum absolute atomic E-state index is 0.150. The fraction of sp³-hybridized carbons (Fsp3) is 0.667. The second-order valence-electron chi connectivity index (χ2n) is 6.76. The molecule has 2 atom stereocenters. The zero-order valence-electron chi connectivity index (χ0n) is 14.1. The van der Waals surface area contributed by atoms with Crippen molar-refractivity contribution in [3.8, 4) is 0 Å². The Morgan fingerprint density at radius 1 is 1.09 bits per heavy atom. The van der Waals surface area contributed by atoms with Gasteiger partial charge in [0.1, 0.15) is 0 Å². The molecular weight excluding hydrogens is 355 g/mol. The molecule has 0 saturated heterocycles. The molecule has 2 rings (SSSR count). The van der Waals surface area contributed by atoms with Crippen LogP contribution in [-0.4, -0.2) is 46.5 Å². The monoisotopic (exact) mass is 386 g/mol. The molecule has 1 fully saturated rings. The van der Waals surface area contributed by atoms with E-state index in [2.05, 4.69) is 51.1 Å². The normalized spacial score (nSPS) is 21.6. The van der Waals surface area contributed by atoms with Crippen molar-refractivity contribution in [2.24, 2.45) is 11.3 Å². The van der Waals surface area contributed by atoms with Gasteiger partial charge in [-0.05, 0) is 0 Å². The summed E-state index contributed by atoms with van der Waals surface area (Å²) < 4.78 is 2.21. The van der Waals surface area contributed by atoms with Crippen LogP contribution in [0.3, 0.4) is 0 Å². The van der Waals surface area contributed by atoms with Gasteiger partial charge in [0.25, 0.3) is 0 Å². The van der Waals surface area contributed by atoms with Crippen LogP contribution in [0.2, 0.25) is 22.6 Å². The van der Waals surface area contributed by atoms with Gasteiger partial charge in [-0.15, -0.1) is 0 Å². The molecule has 0 radical (unpaired) electrons. The second kappa shape index (κ2) is 7.63. The van der Waals surface area contributed by atoms with E-state index in [9.17, 15) is 10.2 Å². The van der Waals surface area contributed by atoms with Crippen molar-refractivity contribution in [1.82, 2.24) is 0 Å². The van der Waals surface area contributed by atoms with Crippen LogP contribution >= 0.6 is 0 Å². The molecule has 0 aliphatic heterocycles. The first-order chi connectivity index (χ1) is 10.6. The molecule has 1 unspecified atom stereocenters. The molecule has 22 heavy (non-hydrogen) atoms. The van der Waals surface area contributed by atoms with Gasteiger partial charge in [-0.2, -0.15) is 0 Å². The van der Waals surface area contributed by atoms with E-state index in [1.54, 1.807) is 0 Å². The molecule has 124 valence electrons. The van der Waals surface area contributed by atoms with Crippen LogP contribution in [0.25, 0.3) is 0 Å². The first kappa shape index (κ1) is 18.2. The summed E-state index contributed by atoms with van der Waals surface area (Å²) in [6.07, 6.45) is 1.02. The summed E-state index contributed by atoms with van der Waals surface area (Å²) >= 11 is 0.451. The maximum atomic E-state index is 9.79. The van der Waals surface area contributed by atoms with Crippen molar-refractivity contribution in [3.63, 3.8) is 0 Å². The number of hydrogen-bond acceptors (Lipinski definition) is 2. The van der Waals surface area contributed by atoms with E-state index in [0.717, 1.165) is 10.9 Å². The van der Waals surface area contributed by atoms with Crippen molar-refractivity contribution >= 4 is 27.5 Å². The Kier molecular flexibility index (Phi) is 6.32. The molecule has 0 aromatic heterocycles. The SMILES string of the molecule is CC[Si](CC)(CC)C([Se]c1ccccc1)[C@H]1CC1(CO)CO. The summed E-state index contributed by atoms with van der Waals surface area (Å²) in [5.74, 6) is 0.536. The van der Waals surface area contributed by atoms with Gasteiger partial charge < -0.3 is 0 Å². The van der Waals surface area contributed by atoms with Crippen LogP contribution in [0, 0.1) is 11.3 Å². The molecule has 2 N–H and O–H groups in total. The van der Waals surface area contributed by atoms with E-state index in [1.807, 2.05) is 0 Å². The fourth-order valence-corrected chi connectivity index (χ4v) is 16.0. The minimum atomic E-state index is -1.35. The van der Waals surface area contributed by atoms with E-state index in [0.29, 0.717) is 20.9 Å². The number of benzene rings is 1. The van der Waals surface area contributed by atoms with Gasteiger partial charge in [0.15, 0.2) is 0 Å². The summed E-state index contributed by atoms with van der Waals surface area (Å²) in [4.78, 5) is 0. The van der Waals surface area contributed by atoms with Crippen LogP contribution < -0.4 is 4.46 Å². The Morgan fingerprint density at radius 2 is 1.64 bits per heavy atom. The van der Waals surface area contributed by atoms with Gasteiger partial charge in [-0.3, -0.25) is 0 Å². The summed E-state index contributed by atoms with van der Waals surface area (Å²) in [7, 11) is -1.35. The zero-order chi connectivity index (χ0) is 16.2. The second-order valence-corrected chi connectivity index (χ2v) is 15.7. The number of rotatable bonds is 9. The first-order valence-electron chi connectivity index (χ1n) is 8.54. The van der Waals surface area contributed by atoms with Crippen molar-refractivity contribution in [3.05, 3.63) is 30.3 Å². The Labute approximate surface area is 142 Å². The van der Waals surface area contributed by atoms with Crippen molar-refractivity contribution in [1.29, 1.82) is 0 Å². The molecule has 0 spiro atoms. The summed E-state index contributed by atoms with van der Waals surface area (Å²) in [6, 6.07) is 14.8. The topological polar surface area (TPSA) is 40.5 Å².